The van der Waals surface area contributed by atoms with E-state index < -0.39 is 5.41 Å². The van der Waals surface area contributed by atoms with Crippen molar-refractivity contribution in [2.24, 2.45) is 0 Å². The summed E-state index contributed by atoms with van der Waals surface area (Å²) in [6.07, 6.45) is 0. The molecule has 0 saturated carbocycles. The quantitative estimate of drug-likeness (QED) is 0.196. The topological polar surface area (TPSA) is 3.24 Å². The average molecular weight is 596 g/mol. The zero-order valence-corrected chi connectivity index (χ0v) is 27.7. The van der Waals surface area contributed by atoms with Crippen molar-refractivity contribution in [2.45, 2.75) is 57.8 Å². The molecule has 1 heteroatoms. The van der Waals surface area contributed by atoms with Gasteiger partial charge in [0.25, 0.3) is 0 Å². The van der Waals surface area contributed by atoms with Gasteiger partial charge in [-0.05, 0) is 91.2 Å². The van der Waals surface area contributed by atoms with Crippen LogP contribution in [0.5, 0.6) is 0 Å². The molecule has 46 heavy (non-hydrogen) atoms. The molecular formula is C45H41N. The van der Waals surface area contributed by atoms with Crippen LogP contribution in [0.25, 0.3) is 22.3 Å². The van der Waals surface area contributed by atoms with Crippen molar-refractivity contribution in [1.29, 1.82) is 0 Å². The lowest BCUT2D eigenvalue weighted by Gasteiger charge is -2.33. The van der Waals surface area contributed by atoms with Crippen molar-refractivity contribution in [2.75, 3.05) is 4.90 Å². The molecule has 0 aromatic heterocycles. The molecule has 6 aromatic rings. The van der Waals surface area contributed by atoms with Gasteiger partial charge in [-0.3, -0.25) is 0 Å². The van der Waals surface area contributed by atoms with Crippen molar-refractivity contribution < 1.29 is 0 Å². The Morgan fingerprint density at radius 3 is 1.41 bits per heavy atom. The molecule has 0 N–H and O–H groups in total. The summed E-state index contributed by atoms with van der Waals surface area (Å²) >= 11 is 0. The standard InChI is InChI=1S/C45H41N/c1-43(2,3)30-24-26-34-35-27-25-31(44(4,5)6)29-40(35)45(39(34)28-30)37-21-14-13-20-36(37)42-38(45)22-15-23-41(42)46(32-16-9-7-10-17-32)33-18-11-8-12-19-33/h7-29H,1-6H3. The highest BCUT2D eigenvalue weighted by Gasteiger charge is 2.53. The molecule has 0 radical (unpaired) electrons. The summed E-state index contributed by atoms with van der Waals surface area (Å²) in [5.41, 5.74) is 16.7. The Labute approximate surface area is 274 Å². The van der Waals surface area contributed by atoms with Gasteiger partial charge in [-0.2, -0.15) is 0 Å². The molecule has 6 aromatic carbocycles. The lowest BCUT2D eigenvalue weighted by Crippen LogP contribution is -2.27. The summed E-state index contributed by atoms with van der Waals surface area (Å²) in [7, 11) is 0. The van der Waals surface area contributed by atoms with Crippen LogP contribution in [0.15, 0.2) is 140 Å². The van der Waals surface area contributed by atoms with E-state index in [0.717, 1.165) is 11.4 Å². The monoisotopic (exact) mass is 595 g/mol. The third-order valence-corrected chi connectivity index (χ3v) is 10.2. The number of para-hydroxylation sites is 2. The molecule has 1 nitrogen and oxygen atoms in total. The van der Waals surface area contributed by atoms with E-state index in [1.165, 1.54) is 61.3 Å². The molecule has 226 valence electrons. The number of rotatable bonds is 3. The van der Waals surface area contributed by atoms with Crippen LogP contribution in [0.4, 0.5) is 17.1 Å². The first-order valence-corrected chi connectivity index (χ1v) is 16.5. The van der Waals surface area contributed by atoms with E-state index in [-0.39, 0.29) is 10.8 Å². The number of hydrogen-bond acceptors (Lipinski definition) is 1. The molecule has 0 heterocycles. The molecule has 8 rings (SSSR count). The van der Waals surface area contributed by atoms with Crippen LogP contribution >= 0.6 is 0 Å². The Balaban J connectivity index is 1.51. The summed E-state index contributed by atoms with van der Waals surface area (Å²) in [4.78, 5) is 2.43. The van der Waals surface area contributed by atoms with E-state index >= 15 is 0 Å². The fraction of sp³-hybridized carbons (Fsp3) is 0.200. The second kappa shape index (κ2) is 10.1. The van der Waals surface area contributed by atoms with Crippen molar-refractivity contribution in [3.05, 3.63) is 173 Å². The Bertz CT molecular complexity index is 2000. The first-order valence-electron chi connectivity index (χ1n) is 16.5. The molecule has 2 aliphatic rings. The summed E-state index contributed by atoms with van der Waals surface area (Å²) in [5.74, 6) is 0. The molecule has 0 fully saturated rings. The first kappa shape index (κ1) is 28.6. The van der Waals surface area contributed by atoms with Gasteiger partial charge >= 0.3 is 0 Å². The smallest absolute Gasteiger partial charge is 0.0726 e. The van der Waals surface area contributed by atoms with Gasteiger partial charge in [0, 0.05) is 16.9 Å². The van der Waals surface area contributed by atoms with Crippen molar-refractivity contribution in [1.82, 2.24) is 0 Å². The Hall–Kier alpha value is -4.88. The van der Waals surface area contributed by atoms with E-state index in [2.05, 4.69) is 186 Å². The maximum Gasteiger partial charge on any atom is 0.0726 e. The number of fused-ring (bicyclic) bond motifs is 10. The largest absolute Gasteiger partial charge is 0.310 e. The van der Waals surface area contributed by atoms with E-state index in [1.54, 1.807) is 0 Å². The Morgan fingerprint density at radius 2 is 0.891 bits per heavy atom. The maximum absolute atomic E-state index is 2.52. The predicted octanol–water partition coefficient (Wildman–Crippen LogP) is 12.1. The van der Waals surface area contributed by atoms with Gasteiger partial charge in [0.15, 0.2) is 0 Å². The van der Waals surface area contributed by atoms with Gasteiger partial charge in [0.05, 0.1) is 11.1 Å². The van der Waals surface area contributed by atoms with Crippen molar-refractivity contribution >= 4 is 17.1 Å². The third-order valence-electron chi connectivity index (χ3n) is 10.2. The van der Waals surface area contributed by atoms with Gasteiger partial charge in [-0.1, -0.05) is 151 Å². The van der Waals surface area contributed by atoms with Gasteiger partial charge in [-0.15, -0.1) is 0 Å². The van der Waals surface area contributed by atoms with Crippen LogP contribution in [-0.4, -0.2) is 0 Å². The highest BCUT2D eigenvalue weighted by atomic mass is 15.1. The summed E-state index contributed by atoms with van der Waals surface area (Å²) < 4.78 is 0. The van der Waals surface area contributed by atoms with Crippen LogP contribution in [0.2, 0.25) is 0 Å². The number of anilines is 3. The van der Waals surface area contributed by atoms with Crippen molar-refractivity contribution in [3.63, 3.8) is 0 Å². The molecule has 0 unspecified atom stereocenters. The molecule has 0 atom stereocenters. The minimum absolute atomic E-state index is 0.0295. The lowest BCUT2D eigenvalue weighted by atomic mass is 9.69. The zero-order chi connectivity index (χ0) is 31.8. The number of nitrogens with zero attached hydrogens (tertiary/aromatic N) is 1. The van der Waals surface area contributed by atoms with E-state index in [9.17, 15) is 0 Å². The zero-order valence-electron chi connectivity index (χ0n) is 27.7. The van der Waals surface area contributed by atoms with Crippen LogP contribution in [0.1, 0.15) is 74.9 Å². The summed E-state index contributed by atoms with van der Waals surface area (Å²) in [6.45, 7) is 14.0. The lowest BCUT2D eigenvalue weighted by molar-refractivity contribution is 0.586. The molecule has 1 spiro atoms. The predicted molar refractivity (Wildman–Crippen MR) is 195 cm³/mol. The number of hydrogen-bond donors (Lipinski definition) is 0. The maximum atomic E-state index is 2.52. The SMILES string of the molecule is CC(C)(C)c1ccc2c(c1)C1(c3cc(C(C)(C)C)ccc3-2)c2ccccc2-c2c(N(c3ccccc3)c3ccccc3)cccc21. The van der Waals surface area contributed by atoms with Crippen LogP contribution < -0.4 is 4.90 Å². The van der Waals surface area contributed by atoms with Gasteiger partial charge < -0.3 is 4.90 Å². The van der Waals surface area contributed by atoms with Crippen LogP contribution in [-0.2, 0) is 16.2 Å². The molecule has 0 aliphatic heterocycles. The molecule has 2 aliphatic carbocycles. The van der Waals surface area contributed by atoms with E-state index in [1.807, 2.05) is 0 Å². The van der Waals surface area contributed by atoms with E-state index in [0.29, 0.717) is 0 Å². The molecular weight excluding hydrogens is 555 g/mol. The van der Waals surface area contributed by atoms with Gasteiger partial charge in [-0.25, -0.2) is 0 Å². The van der Waals surface area contributed by atoms with Crippen LogP contribution in [0, 0.1) is 0 Å². The highest BCUT2D eigenvalue weighted by molar-refractivity contribution is 6.01. The molecule has 0 bridgehead atoms. The highest BCUT2D eigenvalue weighted by Crippen LogP contribution is 2.65. The van der Waals surface area contributed by atoms with E-state index in [4.69, 9.17) is 0 Å². The first-order chi connectivity index (χ1) is 22.1. The third kappa shape index (κ3) is 4.07. The Morgan fingerprint density at radius 1 is 0.413 bits per heavy atom. The van der Waals surface area contributed by atoms with Gasteiger partial charge in [0.2, 0.25) is 0 Å². The summed E-state index contributed by atoms with van der Waals surface area (Å²) in [6, 6.07) is 52.3. The average Bonchev–Trinajstić information content (AvgIpc) is 3.52. The molecule has 0 amide bonds. The minimum Gasteiger partial charge on any atom is -0.310 e. The number of benzene rings is 6. The Kier molecular flexibility index (Phi) is 6.25. The fourth-order valence-corrected chi connectivity index (χ4v) is 7.91. The summed E-state index contributed by atoms with van der Waals surface area (Å²) in [5, 5.41) is 0. The normalized spacial score (nSPS) is 14.0. The second-order valence-electron chi connectivity index (χ2n) is 15.0. The van der Waals surface area contributed by atoms with Crippen LogP contribution in [0.3, 0.4) is 0 Å². The second-order valence-corrected chi connectivity index (χ2v) is 15.0. The molecule has 0 saturated heterocycles. The van der Waals surface area contributed by atoms with Gasteiger partial charge in [0.1, 0.15) is 0 Å². The van der Waals surface area contributed by atoms with Crippen molar-refractivity contribution in [3.8, 4) is 22.3 Å². The minimum atomic E-state index is -0.422. The fourth-order valence-electron chi connectivity index (χ4n) is 7.91.